The molecule has 1 fully saturated rings. The fourth-order valence-electron chi connectivity index (χ4n) is 3.70. The summed E-state index contributed by atoms with van der Waals surface area (Å²) < 4.78 is 33.8. The Kier molecular flexibility index (Phi) is 7.34. The average Bonchev–Trinajstić information content (AvgIpc) is 3.08. The Morgan fingerprint density at radius 2 is 1.72 bits per heavy atom. The van der Waals surface area contributed by atoms with E-state index in [4.69, 9.17) is 4.74 Å². The molecule has 0 radical (unpaired) electrons. The number of alkyl carbamates (subject to hydrolysis) is 1. The van der Waals surface area contributed by atoms with Crippen LogP contribution in [-0.2, 0) is 14.8 Å². The van der Waals surface area contributed by atoms with Crippen LogP contribution in [-0.4, -0.2) is 48.7 Å². The standard InChI is InChI=1S/C23H29BrN2O5S/c1-15-5-11-18(12-6-15)32(29,30)26-13-19(20(27)14-26)21(16-7-9-17(24)10-8-16)25-22(28)31-23(2,3)4/h5-12,19-21,27H,13-14H2,1-4H3,(H,25,28)/t19-,20-,21?/m1/s1. The highest BCUT2D eigenvalue weighted by molar-refractivity contribution is 9.10. The van der Waals surface area contributed by atoms with Gasteiger partial charge in [-0.1, -0.05) is 45.8 Å². The van der Waals surface area contributed by atoms with Gasteiger partial charge >= 0.3 is 6.09 Å². The minimum absolute atomic E-state index is 0.0517. The Labute approximate surface area is 198 Å². The number of nitrogens with zero attached hydrogens (tertiary/aromatic N) is 1. The molecule has 0 aromatic heterocycles. The first kappa shape index (κ1) is 24.7. The van der Waals surface area contributed by atoms with Gasteiger partial charge in [0.25, 0.3) is 0 Å². The van der Waals surface area contributed by atoms with Crippen molar-refractivity contribution < 1.29 is 23.1 Å². The summed E-state index contributed by atoms with van der Waals surface area (Å²) in [6.45, 7) is 7.19. The number of sulfonamides is 1. The molecule has 3 rings (SSSR count). The van der Waals surface area contributed by atoms with Crippen LogP contribution in [0, 0.1) is 12.8 Å². The molecule has 1 aliphatic rings. The van der Waals surface area contributed by atoms with Gasteiger partial charge in [-0.05, 0) is 57.5 Å². The number of benzene rings is 2. The molecule has 32 heavy (non-hydrogen) atoms. The zero-order chi connectivity index (χ0) is 23.7. The summed E-state index contributed by atoms with van der Waals surface area (Å²) in [6, 6.07) is 13.3. The van der Waals surface area contributed by atoms with E-state index >= 15 is 0 Å². The van der Waals surface area contributed by atoms with Crippen molar-refractivity contribution in [1.82, 2.24) is 9.62 Å². The fourth-order valence-corrected chi connectivity index (χ4v) is 5.46. The second-order valence-corrected chi connectivity index (χ2v) is 11.9. The first-order chi connectivity index (χ1) is 14.9. The molecule has 1 saturated heterocycles. The summed E-state index contributed by atoms with van der Waals surface area (Å²) in [6.07, 6.45) is -1.59. The predicted molar refractivity (Wildman–Crippen MR) is 126 cm³/mol. The number of aryl methyl sites for hydroxylation is 1. The molecule has 3 atom stereocenters. The Morgan fingerprint density at radius 1 is 1.12 bits per heavy atom. The van der Waals surface area contributed by atoms with E-state index in [2.05, 4.69) is 21.2 Å². The molecule has 2 aromatic rings. The van der Waals surface area contributed by atoms with Gasteiger partial charge in [-0.15, -0.1) is 0 Å². The van der Waals surface area contributed by atoms with Gasteiger partial charge in [0.2, 0.25) is 10.0 Å². The van der Waals surface area contributed by atoms with Gasteiger partial charge in [0.1, 0.15) is 5.60 Å². The van der Waals surface area contributed by atoms with Crippen LogP contribution in [0.4, 0.5) is 4.79 Å². The molecule has 0 spiro atoms. The normalized spacial score (nSPS) is 20.7. The molecule has 0 aliphatic carbocycles. The minimum Gasteiger partial charge on any atom is -0.444 e. The number of nitrogens with one attached hydrogen (secondary N) is 1. The van der Waals surface area contributed by atoms with Crippen LogP contribution >= 0.6 is 15.9 Å². The van der Waals surface area contributed by atoms with Crippen molar-refractivity contribution in [3.05, 3.63) is 64.1 Å². The highest BCUT2D eigenvalue weighted by Gasteiger charge is 2.43. The lowest BCUT2D eigenvalue weighted by Crippen LogP contribution is -2.41. The summed E-state index contributed by atoms with van der Waals surface area (Å²) in [4.78, 5) is 12.7. The van der Waals surface area contributed by atoms with Crippen LogP contribution in [0.15, 0.2) is 57.9 Å². The quantitative estimate of drug-likeness (QED) is 0.615. The van der Waals surface area contributed by atoms with Crippen LogP contribution in [0.3, 0.4) is 0 Å². The summed E-state index contributed by atoms with van der Waals surface area (Å²) in [5.41, 5.74) is 1.02. The number of hydrogen-bond acceptors (Lipinski definition) is 5. The Balaban J connectivity index is 1.88. The molecule has 2 N–H and O–H groups in total. The lowest BCUT2D eigenvalue weighted by molar-refractivity contribution is 0.0451. The lowest BCUT2D eigenvalue weighted by atomic mass is 9.90. The Hall–Kier alpha value is -1.94. The number of ether oxygens (including phenoxy) is 1. The molecular formula is C23H29BrN2O5S. The number of hydrogen-bond donors (Lipinski definition) is 2. The first-order valence-electron chi connectivity index (χ1n) is 10.4. The van der Waals surface area contributed by atoms with Crippen molar-refractivity contribution in [3.63, 3.8) is 0 Å². The maximum Gasteiger partial charge on any atom is 0.408 e. The predicted octanol–water partition coefficient (Wildman–Crippen LogP) is 4.00. The van der Waals surface area contributed by atoms with Gasteiger partial charge in [0.05, 0.1) is 17.0 Å². The summed E-state index contributed by atoms with van der Waals surface area (Å²) in [5, 5.41) is 13.7. The third kappa shape index (κ3) is 5.89. The Bertz CT molecular complexity index is 1050. The number of rotatable bonds is 5. The van der Waals surface area contributed by atoms with E-state index in [9.17, 15) is 18.3 Å². The summed E-state index contributed by atoms with van der Waals surface area (Å²) in [7, 11) is -3.78. The zero-order valence-corrected chi connectivity index (χ0v) is 21.0. The van der Waals surface area contributed by atoms with Gasteiger partial charge in [-0.25, -0.2) is 13.2 Å². The number of carbonyl (C=O) groups excluding carboxylic acids is 1. The third-order valence-electron chi connectivity index (χ3n) is 5.29. The smallest absolute Gasteiger partial charge is 0.408 e. The Morgan fingerprint density at radius 3 is 2.28 bits per heavy atom. The van der Waals surface area contributed by atoms with E-state index in [1.165, 1.54) is 4.31 Å². The molecule has 2 aromatic carbocycles. The van der Waals surface area contributed by atoms with Crippen LogP contribution in [0.2, 0.25) is 0 Å². The van der Waals surface area contributed by atoms with E-state index in [0.717, 1.165) is 15.6 Å². The SMILES string of the molecule is Cc1ccc(S(=O)(=O)N2C[C@@H](O)[C@H](C(NC(=O)OC(C)(C)C)c3ccc(Br)cc3)C2)cc1. The largest absolute Gasteiger partial charge is 0.444 e. The summed E-state index contributed by atoms with van der Waals surface area (Å²) >= 11 is 3.40. The number of halogens is 1. The topological polar surface area (TPSA) is 95.9 Å². The van der Waals surface area contributed by atoms with Gasteiger partial charge in [0.15, 0.2) is 0 Å². The van der Waals surface area contributed by atoms with E-state index < -0.39 is 39.8 Å². The number of β-amino-alcohol motifs (C(OH)–C–C–N with tert-alkyl or cyclic N) is 1. The minimum atomic E-state index is -3.78. The molecule has 0 bridgehead atoms. The molecule has 1 amide bonds. The molecule has 1 heterocycles. The zero-order valence-electron chi connectivity index (χ0n) is 18.6. The molecule has 7 nitrogen and oxygen atoms in total. The van der Waals surface area contributed by atoms with E-state index in [1.807, 2.05) is 31.2 Å². The van der Waals surface area contributed by atoms with Gasteiger partial charge in [-0.2, -0.15) is 4.31 Å². The molecule has 174 valence electrons. The van der Waals surface area contributed by atoms with E-state index in [-0.39, 0.29) is 18.0 Å². The van der Waals surface area contributed by atoms with Crippen molar-refractivity contribution in [3.8, 4) is 0 Å². The highest BCUT2D eigenvalue weighted by Crippen LogP contribution is 2.34. The van der Waals surface area contributed by atoms with Crippen molar-refractivity contribution >= 4 is 32.0 Å². The van der Waals surface area contributed by atoms with Crippen molar-refractivity contribution in [2.45, 2.75) is 50.3 Å². The molecule has 9 heteroatoms. The van der Waals surface area contributed by atoms with E-state index in [0.29, 0.717) is 0 Å². The van der Waals surface area contributed by atoms with Gasteiger partial charge in [-0.3, -0.25) is 0 Å². The monoisotopic (exact) mass is 524 g/mol. The fraction of sp³-hybridized carbons (Fsp3) is 0.435. The third-order valence-corrected chi connectivity index (χ3v) is 7.66. The number of amides is 1. The molecule has 0 saturated carbocycles. The van der Waals surface area contributed by atoms with Crippen LogP contribution in [0.1, 0.15) is 37.9 Å². The molecular weight excluding hydrogens is 496 g/mol. The van der Waals surface area contributed by atoms with Crippen LogP contribution < -0.4 is 5.32 Å². The number of carbonyl (C=O) groups is 1. The maximum atomic E-state index is 13.1. The molecule has 1 aliphatic heterocycles. The highest BCUT2D eigenvalue weighted by atomic mass is 79.9. The van der Waals surface area contributed by atoms with Crippen molar-refractivity contribution in [1.29, 1.82) is 0 Å². The molecule has 1 unspecified atom stereocenters. The van der Waals surface area contributed by atoms with E-state index in [1.54, 1.807) is 45.0 Å². The van der Waals surface area contributed by atoms with Gasteiger partial charge < -0.3 is 15.2 Å². The lowest BCUT2D eigenvalue weighted by Gasteiger charge is -2.29. The van der Waals surface area contributed by atoms with Gasteiger partial charge in [0, 0.05) is 23.5 Å². The number of aliphatic hydroxyl groups is 1. The first-order valence-corrected chi connectivity index (χ1v) is 12.6. The van der Waals surface area contributed by atoms with Crippen LogP contribution in [0.25, 0.3) is 0 Å². The summed E-state index contributed by atoms with van der Waals surface area (Å²) in [5.74, 6) is -0.552. The maximum absolute atomic E-state index is 13.1. The second kappa shape index (κ2) is 9.51. The van der Waals surface area contributed by atoms with Crippen molar-refractivity contribution in [2.75, 3.05) is 13.1 Å². The van der Waals surface area contributed by atoms with Crippen molar-refractivity contribution in [2.24, 2.45) is 5.92 Å². The average molecular weight is 525 g/mol. The van der Waals surface area contributed by atoms with Crippen LogP contribution in [0.5, 0.6) is 0 Å². The second-order valence-electron chi connectivity index (χ2n) is 9.04. The number of aliphatic hydroxyl groups excluding tert-OH is 1.